The first-order valence-corrected chi connectivity index (χ1v) is 16.0. The van der Waals surface area contributed by atoms with Crippen LogP contribution in [0.15, 0.2) is 122 Å². The van der Waals surface area contributed by atoms with Gasteiger partial charge in [0.15, 0.2) is 25.0 Å². The van der Waals surface area contributed by atoms with Crippen LogP contribution in [0.3, 0.4) is 0 Å². The van der Waals surface area contributed by atoms with Crippen molar-refractivity contribution >= 4 is 38.1 Å². The lowest BCUT2D eigenvalue weighted by molar-refractivity contribution is -0.738. The molecule has 0 aliphatic carbocycles. The van der Waals surface area contributed by atoms with Gasteiger partial charge in [-0.05, 0) is 67.3 Å². The Labute approximate surface area is 256 Å². The summed E-state index contributed by atoms with van der Waals surface area (Å²) in [5.41, 5.74) is 13.7. The fraction of sp³-hybridized carbons (Fsp3) is 0.171. The van der Waals surface area contributed by atoms with Crippen molar-refractivity contribution in [1.29, 1.82) is 0 Å². The van der Waals surface area contributed by atoms with Crippen molar-refractivity contribution in [3.8, 4) is 22.5 Å². The monoisotopic (exact) mass is 567 g/mol. The van der Waals surface area contributed by atoms with Crippen LogP contribution in [0.2, 0.25) is 0 Å². The topological polar surface area (TPSA) is 12.2 Å². The van der Waals surface area contributed by atoms with Crippen molar-refractivity contribution in [1.82, 2.24) is 4.40 Å². The molecule has 0 amide bonds. The van der Waals surface area contributed by atoms with Crippen molar-refractivity contribution in [2.75, 3.05) is 0 Å². The summed E-state index contributed by atoms with van der Waals surface area (Å²) in [5.74, 6) is 0.454. The third-order valence-corrected chi connectivity index (χ3v) is 10.6. The van der Waals surface area contributed by atoms with Crippen LogP contribution in [0, 0.1) is 6.92 Å². The summed E-state index contributed by atoms with van der Waals surface area (Å²) in [6, 6.07) is 41.7. The van der Waals surface area contributed by atoms with Crippen LogP contribution in [0.4, 0.5) is 0 Å². The number of hydrogen-bond donors (Lipinski definition) is 0. The first kappa shape index (κ1) is 24.4. The molecular weight excluding hydrogens is 534 g/mol. The second-order valence-electron chi connectivity index (χ2n) is 12.9. The molecule has 2 aliphatic heterocycles. The first-order chi connectivity index (χ1) is 21.7. The number of pyridine rings is 2. The van der Waals surface area contributed by atoms with E-state index in [9.17, 15) is 0 Å². The molecule has 10 rings (SSSR count). The van der Waals surface area contributed by atoms with Crippen LogP contribution in [-0.4, -0.2) is 4.40 Å². The average Bonchev–Trinajstić information content (AvgIpc) is 3.58. The van der Waals surface area contributed by atoms with E-state index in [0.29, 0.717) is 12.0 Å². The first-order valence-electron chi connectivity index (χ1n) is 16.0. The molecule has 0 bridgehead atoms. The second-order valence-corrected chi connectivity index (χ2v) is 12.9. The Morgan fingerprint density at radius 3 is 2.43 bits per heavy atom. The second kappa shape index (κ2) is 9.00. The molecule has 8 aromatic rings. The quantitative estimate of drug-likeness (QED) is 0.163. The van der Waals surface area contributed by atoms with Crippen molar-refractivity contribution in [3.63, 3.8) is 0 Å². The average molecular weight is 568 g/mol. The van der Waals surface area contributed by atoms with E-state index in [0.717, 1.165) is 25.8 Å². The Hall–Kier alpha value is -5.02. The molecule has 0 spiro atoms. The molecule has 0 radical (unpaired) electrons. The predicted octanol–water partition coefficient (Wildman–Crippen LogP) is 8.73. The minimum Gasteiger partial charge on any atom is -0.308 e. The maximum atomic E-state index is 2.58. The lowest BCUT2D eigenvalue weighted by Crippen LogP contribution is -2.50. The molecule has 2 aliphatic rings. The van der Waals surface area contributed by atoms with Gasteiger partial charge in [0.1, 0.15) is 0 Å². The van der Waals surface area contributed by atoms with Crippen LogP contribution >= 0.6 is 0 Å². The smallest absolute Gasteiger partial charge is 0.213 e. The SMILES string of the molecule is Cc1ccc2[n+](c1)CCC1C(CCc3cc4c(cc3-2)c2cccc3c5ccccc5n4c32)c2ccccc2-c2cccc[n+]21. The van der Waals surface area contributed by atoms with Crippen molar-refractivity contribution in [2.45, 2.75) is 44.7 Å². The van der Waals surface area contributed by atoms with Crippen LogP contribution in [0.5, 0.6) is 0 Å². The lowest BCUT2D eigenvalue weighted by atomic mass is 9.78. The Morgan fingerprint density at radius 2 is 1.48 bits per heavy atom. The maximum absolute atomic E-state index is 2.58. The zero-order chi connectivity index (χ0) is 28.9. The standard InChI is InChI=1S/C41H33N3/c1-26-16-19-36-34-24-35-33-13-8-12-32-30-11-4-5-15-39(30)44(41(32)33)40(35)23-27(34)17-18-31-28-9-2-3-10-29(28)37-14-6-7-21-43(37)38(31)20-22-42(36)25-26/h2-16,19,21,23-25,31,38H,17-18,20,22H2,1H3/q+2. The molecular formula is C41H33N3+2. The highest BCUT2D eigenvalue weighted by molar-refractivity contribution is 6.23. The van der Waals surface area contributed by atoms with Crippen LogP contribution in [-0.2, 0) is 13.0 Å². The van der Waals surface area contributed by atoms with Gasteiger partial charge in [0.05, 0.1) is 28.5 Å². The Kier molecular flexibility index (Phi) is 4.99. The molecule has 210 valence electrons. The summed E-state index contributed by atoms with van der Waals surface area (Å²) in [5, 5.41) is 5.38. The number of fused-ring (bicyclic) bond motifs is 15. The minimum atomic E-state index is 0.412. The summed E-state index contributed by atoms with van der Waals surface area (Å²) < 4.78 is 7.65. The van der Waals surface area contributed by atoms with Gasteiger partial charge in [0, 0.05) is 56.8 Å². The summed E-state index contributed by atoms with van der Waals surface area (Å²) in [6.07, 6.45) is 7.94. The fourth-order valence-electron chi connectivity index (χ4n) is 8.76. The summed E-state index contributed by atoms with van der Waals surface area (Å²) in [6.45, 7) is 3.21. The van der Waals surface area contributed by atoms with Gasteiger partial charge in [-0.2, -0.15) is 9.13 Å². The van der Waals surface area contributed by atoms with E-state index in [1.165, 1.54) is 77.3 Å². The van der Waals surface area contributed by atoms with Crippen molar-refractivity contribution in [2.24, 2.45) is 0 Å². The normalized spacial score (nSPS) is 17.8. The van der Waals surface area contributed by atoms with Gasteiger partial charge in [0.25, 0.3) is 0 Å². The molecule has 44 heavy (non-hydrogen) atoms. The Morgan fingerprint density at radius 1 is 0.659 bits per heavy atom. The zero-order valence-electron chi connectivity index (χ0n) is 24.9. The summed E-state index contributed by atoms with van der Waals surface area (Å²) in [4.78, 5) is 0. The maximum Gasteiger partial charge on any atom is 0.213 e. The molecule has 0 N–H and O–H groups in total. The van der Waals surface area contributed by atoms with Gasteiger partial charge < -0.3 is 4.40 Å². The van der Waals surface area contributed by atoms with Gasteiger partial charge in [-0.1, -0.05) is 54.6 Å². The van der Waals surface area contributed by atoms with Gasteiger partial charge >= 0.3 is 0 Å². The molecule has 3 nitrogen and oxygen atoms in total. The van der Waals surface area contributed by atoms with E-state index in [-0.39, 0.29) is 0 Å². The number of rotatable bonds is 0. The van der Waals surface area contributed by atoms with Crippen LogP contribution in [0.25, 0.3) is 60.6 Å². The van der Waals surface area contributed by atoms with Crippen LogP contribution < -0.4 is 9.13 Å². The molecule has 0 fully saturated rings. The third kappa shape index (κ3) is 3.27. The lowest BCUT2D eigenvalue weighted by Gasteiger charge is -2.31. The van der Waals surface area contributed by atoms with Crippen molar-refractivity contribution in [3.05, 3.63) is 138 Å². The summed E-state index contributed by atoms with van der Waals surface area (Å²) >= 11 is 0. The van der Waals surface area contributed by atoms with Crippen molar-refractivity contribution < 1.29 is 9.13 Å². The Bertz CT molecular complexity index is 2430. The molecule has 6 heterocycles. The molecule has 0 saturated heterocycles. The number of nitrogens with zero attached hydrogens (tertiary/aromatic N) is 3. The zero-order valence-corrected chi connectivity index (χ0v) is 24.9. The molecule has 4 aromatic carbocycles. The highest BCUT2D eigenvalue weighted by Crippen LogP contribution is 2.45. The van der Waals surface area contributed by atoms with Gasteiger partial charge in [-0.15, -0.1) is 0 Å². The van der Waals surface area contributed by atoms with E-state index in [2.05, 4.69) is 142 Å². The minimum absolute atomic E-state index is 0.412. The summed E-state index contributed by atoms with van der Waals surface area (Å²) in [7, 11) is 0. The largest absolute Gasteiger partial charge is 0.308 e. The highest BCUT2D eigenvalue weighted by atomic mass is 15.0. The number of hydrogen-bond acceptors (Lipinski definition) is 0. The highest BCUT2D eigenvalue weighted by Gasteiger charge is 2.41. The van der Waals surface area contributed by atoms with E-state index >= 15 is 0 Å². The van der Waals surface area contributed by atoms with Gasteiger partial charge in [-0.25, -0.2) is 0 Å². The molecule has 4 aromatic heterocycles. The molecule has 2 atom stereocenters. The van der Waals surface area contributed by atoms with E-state index < -0.39 is 0 Å². The van der Waals surface area contributed by atoms with E-state index in [1.807, 2.05) is 0 Å². The predicted molar refractivity (Wildman–Crippen MR) is 178 cm³/mol. The molecule has 3 heteroatoms. The fourth-order valence-corrected chi connectivity index (χ4v) is 8.76. The molecule has 0 saturated carbocycles. The Balaban J connectivity index is 1.24. The number of aryl methyl sites for hydroxylation is 3. The third-order valence-electron chi connectivity index (χ3n) is 10.6. The van der Waals surface area contributed by atoms with Crippen LogP contribution in [0.1, 0.15) is 41.5 Å². The van der Waals surface area contributed by atoms with E-state index in [1.54, 1.807) is 0 Å². The molecule has 2 unspecified atom stereocenters. The number of aromatic nitrogens is 3. The van der Waals surface area contributed by atoms with E-state index in [4.69, 9.17) is 0 Å². The number of para-hydroxylation sites is 2. The van der Waals surface area contributed by atoms with Gasteiger partial charge in [0.2, 0.25) is 11.4 Å². The number of benzene rings is 4. The van der Waals surface area contributed by atoms with Gasteiger partial charge in [-0.3, -0.25) is 0 Å².